The highest BCUT2D eigenvalue weighted by Crippen LogP contribution is 2.35. The number of hydrogen-bond donors (Lipinski definition) is 0. The van der Waals surface area contributed by atoms with E-state index in [0.717, 1.165) is 0 Å². The van der Waals surface area contributed by atoms with Crippen molar-refractivity contribution in [3.8, 4) is 0 Å². The molecule has 0 heteroatoms. The highest BCUT2D eigenvalue weighted by molar-refractivity contribution is 5.24. The highest BCUT2D eigenvalue weighted by Gasteiger charge is 2.25. The summed E-state index contributed by atoms with van der Waals surface area (Å²) in [6, 6.07) is 11.2. The summed E-state index contributed by atoms with van der Waals surface area (Å²) >= 11 is 0. The summed E-state index contributed by atoms with van der Waals surface area (Å²) < 4.78 is 0. The van der Waals surface area contributed by atoms with Gasteiger partial charge in [0.15, 0.2) is 0 Å². The molecule has 1 atom stereocenters. The van der Waals surface area contributed by atoms with Gasteiger partial charge in [-0.15, -0.1) is 0 Å². The van der Waals surface area contributed by atoms with E-state index in [4.69, 9.17) is 0 Å². The lowest BCUT2D eigenvalue weighted by Gasteiger charge is -2.30. The third kappa shape index (κ3) is 5.80. The molecular formula is C19H32. The van der Waals surface area contributed by atoms with Gasteiger partial charge >= 0.3 is 0 Å². The minimum Gasteiger partial charge on any atom is -0.0654 e. The first-order valence-electron chi connectivity index (χ1n) is 8.28. The lowest BCUT2D eigenvalue weighted by atomic mass is 9.74. The third-order valence-electron chi connectivity index (χ3n) is 4.38. The molecule has 0 saturated carbocycles. The van der Waals surface area contributed by atoms with Crippen LogP contribution in [0.2, 0.25) is 0 Å². The summed E-state index contributed by atoms with van der Waals surface area (Å²) in [4.78, 5) is 0. The van der Waals surface area contributed by atoms with Crippen molar-refractivity contribution in [2.45, 2.75) is 84.0 Å². The van der Waals surface area contributed by atoms with E-state index in [2.05, 4.69) is 51.1 Å². The Morgan fingerprint density at radius 1 is 0.737 bits per heavy atom. The molecule has 1 unspecified atom stereocenters. The monoisotopic (exact) mass is 260 g/mol. The van der Waals surface area contributed by atoms with E-state index in [-0.39, 0.29) is 0 Å². The average molecular weight is 260 g/mol. The molecule has 0 bridgehead atoms. The first-order valence-corrected chi connectivity index (χ1v) is 8.28. The van der Waals surface area contributed by atoms with Crippen LogP contribution in [0.3, 0.4) is 0 Å². The molecule has 0 aliphatic carbocycles. The Morgan fingerprint density at radius 3 is 1.84 bits per heavy atom. The zero-order chi connectivity index (χ0) is 14.0. The zero-order valence-corrected chi connectivity index (χ0v) is 13.3. The van der Waals surface area contributed by atoms with Crippen molar-refractivity contribution in [1.82, 2.24) is 0 Å². The van der Waals surface area contributed by atoms with Crippen molar-refractivity contribution in [3.05, 3.63) is 35.9 Å². The quantitative estimate of drug-likeness (QED) is 0.421. The molecule has 1 aromatic carbocycles. The van der Waals surface area contributed by atoms with Gasteiger partial charge in [0.25, 0.3) is 0 Å². The Balaban J connectivity index is 2.61. The predicted octanol–water partition coefficient (Wildman–Crippen LogP) is 6.50. The lowest BCUT2D eigenvalue weighted by molar-refractivity contribution is 0.366. The van der Waals surface area contributed by atoms with Gasteiger partial charge in [0, 0.05) is 0 Å². The van der Waals surface area contributed by atoms with Crippen LogP contribution in [0.5, 0.6) is 0 Å². The number of unbranched alkanes of at least 4 members (excludes halogenated alkanes) is 5. The van der Waals surface area contributed by atoms with Crippen LogP contribution in [-0.2, 0) is 5.41 Å². The Kier molecular flexibility index (Phi) is 7.86. The molecule has 19 heavy (non-hydrogen) atoms. The first-order chi connectivity index (χ1) is 9.23. The average Bonchev–Trinajstić information content (AvgIpc) is 2.45. The molecule has 0 aliphatic rings. The first kappa shape index (κ1) is 16.3. The van der Waals surface area contributed by atoms with Crippen LogP contribution in [-0.4, -0.2) is 0 Å². The minimum atomic E-state index is 0.393. The smallest absolute Gasteiger partial charge is 0.00753 e. The summed E-state index contributed by atoms with van der Waals surface area (Å²) in [5.41, 5.74) is 1.94. The second-order valence-corrected chi connectivity index (χ2v) is 6.19. The Bertz CT molecular complexity index is 314. The lowest BCUT2D eigenvalue weighted by Crippen LogP contribution is -2.22. The molecule has 0 radical (unpaired) electrons. The fourth-order valence-electron chi connectivity index (χ4n) is 2.96. The van der Waals surface area contributed by atoms with Crippen molar-refractivity contribution >= 4 is 0 Å². The maximum Gasteiger partial charge on any atom is -0.00753 e. The molecule has 0 nitrogen and oxygen atoms in total. The molecule has 0 saturated heterocycles. The second kappa shape index (κ2) is 9.18. The Hall–Kier alpha value is -0.780. The van der Waals surface area contributed by atoms with Gasteiger partial charge in [0.1, 0.15) is 0 Å². The van der Waals surface area contributed by atoms with E-state index in [9.17, 15) is 0 Å². The summed E-state index contributed by atoms with van der Waals surface area (Å²) in [5.74, 6) is 0. The Morgan fingerprint density at radius 2 is 1.26 bits per heavy atom. The van der Waals surface area contributed by atoms with E-state index in [1.54, 1.807) is 5.56 Å². The van der Waals surface area contributed by atoms with Crippen molar-refractivity contribution in [3.63, 3.8) is 0 Å². The molecule has 1 aromatic rings. The molecule has 0 N–H and O–H groups in total. The summed E-state index contributed by atoms with van der Waals surface area (Å²) in [6.07, 6.45) is 12.3. The molecule has 1 rings (SSSR count). The van der Waals surface area contributed by atoms with Crippen molar-refractivity contribution < 1.29 is 0 Å². The van der Waals surface area contributed by atoms with Gasteiger partial charge in [-0.05, 0) is 23.8 Å². The van der Waals surface area contributed by atoms with Gasteiger partial charge < -0.3 is 0 Å². The SMILES string of the molecule is CCCCCCC(C)(CCCCC)c1ccccc1. The predicted molar refractivity (Wildman–Crippen MR) is 86.7 cm³/mol. The maximum absolute atomic E-state index is 2.48. The molecule has 0 aromatic heterocycles. The fraction of sp³-hybridized carbons (Fsp3) is 0.684. The van der Waals surface area contributed by atoms with Crippen LogP contribution in [0, 0.1) is 0 Å². The van der Waals surface area contributed by atoms with Crippen molar-refractivity contribution in [2.75, 3.05) is 0 Å². The minimum absolute atomic E-state index is 0.393. The fourth-order valence-corrected chi connectivity index (χ4v) is 2.96. The van der Waals surface area contributed by atoms with Gasteiger partial charge in [0.2, 0.25) is 0 Å². The largest absolute Gasteiger partial charge is 0.0654 e. The van der Waals surface area contributed by atoms with Crippen LogP contribution < -0.4 is 0 Å². The van der Waals surface area contributed by atoms with E-state index in [1.165, 1.54) is 57.8 Å². The molecule has 0 spiro atoms. The van der Waals surface area contributed by atoms with Gasteiger partial charge in [-0.1, -0.05) is 96.0 Å². The molecular weight excluding hydrogens is 228 g/mol. The van der Waals surface area contributed by atoms with Crippen molar-refractivity contribution in [1.29, 1.82) is 0 Å². The van der Waals surface area contributed by atoms with Gasteiger partial charge in [-0.25, -0.2) is 0 Å². The maximum atomic E-state index is 2.48. The van der Waals surface area contributed by atoms with E-state index in [0.29, 0.717) is 5.41 Å². The van der Waals surface area contributed by atoms with Crippen molar-refractivity contribution in [2.24, 2.45) is 0 Å². The topological polar surface area (TPSA) is 0 Å². The van der Waals surface area contributed by atoms with E-state index in [1.807, 2.05) is 0 Å². The highest BCUT2D eigenvalue weighted by atomic mass is 14.3. The summed E-state index contributed by atoms with van der Waals surface area (Å²) in [7, 11) is 0. The molecule has 108 valence electrons. The van der Waals surface area contributed by atoms with Crippen LogP contribution in [0.4, 0.5) is 0 Å². The van der Waals surface area contributed by atoms with Gasteiger partial charge in [-0.2, -0.15) is 0 Å². The normalized spacial score (nSPS) is 14.3. The molecule has 0 fully saturated rings. The number of hydrogen-bond acceptors (Lipinski definition) is 0. The standard InChI is InChI=1S/C19H32/c1-4-6-8-13-17-19(3,16-12-7-5-2)18-14-10-9-11-15-18/h9-11,14-15H,4-8,12-13,16-17H2,1-3H3. The third-order valence-corrected chi connectivity index (χ3v) is 4.38. The molecule has 0 heterocycles. The van der Waals surface area contributed by atoms with Crippen LogP contribution in [0.25, 0.3) is 0 Å². The van der Waals surface area contributed by atoms with E-state index >= 15 is 0 Å². The van der Waals surface area contributed by atoms with Crippen LogP contribution in [0.15, 0.2) is 30.3 Å². The number of benzene rings is 1. The van der Waals surface area contributed by atoms with E-state index < -0.39 is 0 Å². The van der Waals surface area contributed by atoms with Gasteiger partial charge in [0.05, 0.1) is 0 Å². The Labute approximate surface area is 120 Å². The van der Waals surface area contributed by atoms with Crippen LogP contribution in [0.1, 0.15) is 84.1 Å². The zero-order valence-electron chi connectivity index (χ0n) is 13.3. The van der Waals surface area contributed by atoms with Gasteiger partial charge in [-0.3, -0.25) is 0 Å². The summed E-state index contributed by atoms with van der Waals surface area (Å²) in [6.45, 7) is 7.06. The van der Waals surface area contributed by atoms with Crippen LogP contribution >= 0.6 is 0 Å². The molecule has 0 amide bonds. The molecule has 0 aliphatic heterocycles. The summed E-state index contributed by atoms with van der Waals surface area (Å²) in [5, 5.41) is 0. The second-order valence-electron chi connectivity index (χ2n) is 6.19. The number of rotatable bonds is 10.